The van der Waals surface area contributed by atoms with Crippen molar-refractivity contribution in [3.05, 3.63) is 66.3 Å². The van der Waals surface area contributed by atoms with Crippen molar-refractivity contribution in [1.82, 2.24) is 20.0 Å². The zero-order chi connectivity index (χ0) is 18.5. The highest BCUT2D eigenvalue weighted by Crippen LogP contribution is 2.32. The molecule has 0 saturated carbocycles. The van der Waals surface area contributed by atoms with Crippen LogP contribution in [-0.2, 0) is 11.2 Å². The van der Waals surface area contributed by atoms with Gasteiger partial charge in [0.15, 0.2) is 0 Å². The Labute approximate surface area is 158 Å². The molecule has 138 valence electrons. The lowest BCUT2D eigenvalue weighted by Crippen LogP contribution is -2.30. The molecule has 1 amide bonds. The van der Waals surface area contributed by atoms with Crippen molar-refractivity contribution >= 4 is 5.91 Å². The monoisotopic (exact) mass is 362 g/mol. The zero-order valence-corrected chi connectivity index (χ0v) is 15.1. The minimum Gasteiger partial charge on any atom is -0.339 e. The maximum absolute atomic E-state index is 12.7. The highest BCUT2D eigenvalue weighted by atomic mass is 16.5. The molecule has 1 aliphatic rings. The van der Waals surface area contributed by atoms with E-state index in [-0.39, 0.29) is 11.9 Å². The van der Waals surface area contributed by atoms with E-state index in [0.717, 1.165) is 24.9 Å². The van der Waals surface area contributed by atoms with Gasteiger partial charge < -0.3 is 9.42 Å². The van der Waals surface area contributed by atoms with Crippen LogP contribution in [0, 0.1) is 0 Å². The van der Waals surface area contributed by atoms with Gasteiger partial charge in [-0.05, 0) is 37.0 Å². The van der Waals surface area contributed by atoms with Crippen LogP contribution in [0.5, 0.6) is 0 Å². The molecule has 1 fully saturated rings. The molecule has 0 bridgehead atoms. The second kappa shape index (κ2) is 8.12. The maximum Gasteiger partial charge on any atom is 0.226 e. The second-order valence-corrected chi connectivity index (χ2v) is 6.76. The van der Waals surface area contributed by atoms with Crippen LogP contribution in [0.25, 0.3) is 11.4 Å². The zero-order valence-electron chi connectivity index (χ0n) is 15.1. The predicted octanol–water partition coefficient (Wildman–Crippen LogP) is 3.82. The van der Waals surface area contributed by atoms with Crippen molar-refractivity contribution in [1.29, 1.82) is 0 Å². The van der Waals surface area contributed by atoms with Crippen LogP contribution in [0.2, 0.25) is 0 Å². The van der Waals surface area contributed by atoms with E-state index in [4.69, 9.17) is 4.52 Å². The molecule has 1 aromatic carbocycles. The molecule has 3 heterocycles. The summed E-state index contributed by atoms with van der Waals surface area (Å²) in [4.78, 5) is 23.2. The maximum atomic E-state index is 12.7. The summed E-state index contributed by atoms with van der Waals surface area (Å²) in [7, 11) is 0. The molecule has 1 unspecified atom stereocenters. The lowest BCUT2D eigenvalue weighted by atomic mass is 10.1. The molecule has 2 aromatic heterocycles. The first-order chi connectivity index (χ1) is 13.3. The Bertz CT molecular complexity index is 879. The molecule has 3 aromatic rings. The normalized spacial score (nSPS) is 16.6. The van der Waals surface area contributed by atoms with E-state index in [9.17, 15) is 4.79 Å². The number of carbonyl (C=O) groups excluding carboxylic acids is 1. The Morgan fingerprint density at radius 3 is 2.78 bits per heavy atom. The number of amides is 1. The first kappa shape index (κ1) is 17.4. The average molecular weight is 362 g/mol. The number of rotatable bonds is 6. The molecule has 1 aliphatic heterocycles. The molecule has 0 N–H and O–H groups in total. The van der Waals surface area contributed by atoms with E-state index in [2.05, 4.69) is 15.1 Å². The van der Waals surface area contributed by atoms with Crippen molar-refractivity contribution in [2.45, 2.75) is 38.1 Å². The number of aromatic nitrogens is 3. The Morgan fingerprint density at radius 1 is 1.15 bits per heavy atom. The summed E-state index contributed by atoms with van der Waals surface area (Å²) >= 11 is 0. The topological polar surface area (TPSA) is 72.1 Å². The standard InChI is InChI=1S/C21H22N4O2/c26-20(25-15-5-8-18(25)16-11-13-22-14-12-16)10-4-9-19-23-21(24-27-19)17-6-2-1-3-7-17/h1-3,6-7,11-14,18H,4-5,8-10,15H2. The van der Waals surface area contributed by atoms with Crippen molar-refractivity contribution < 1.29 is 9.32 Å². The second-order valence-electron chi connectivity index (χ2n) is 6.76. The highest BCUT2D eigenvalue weighted by Gasteiger charge is 2.29. The molecule has 0 aliphatic carbocycles. The fraction of sp³-hybridized carbons (Fsp3) is 0.333. The minimum absolute atomic E-state index is 0.175. The lowest BCUT2D eigenvalue weighted by molar-refractivity contribution is -0.132. The van der Waals surface area contributed by atoms with Gasteiger partial charge in [-0.1, -0.05) is 35.5 Å². The Hall–Kier alpha value is -3.02. The summed E-state index contributed by atoms with van der Waals surface area (Å²) in [5.41, 5.74) is 2.10. The van der Waals surface area contributed by atoms with Gasteiger partial charge in [-0.2, -0.15) is 4.98 Å². The molecule has 0 radical (unpaired) electrons. The van der Waals surface area contributed by atoms with E-state index in [0.29, 0.717) is 31.0 Å². The number of benzene rings is 1. The fourth-order valence-electron chi connectivity index (χ4n) is 3.59. The fourth-order valence-corrected chi connectivity index (χ4v) is 3.59. The number of nitrogens with zero attached hydrogens (tertiary/aromatic N) is 4. The van der Waals surface area contributed by atoms with E-state index in [1.54, 1.807) is 12.4 Å². The van der Waals surface area contributed by atoms with Gasteiger partial charge in [0, 0.05) is 37.3 Å². The average Bonchev–Trinajstić information content (AvgIpc) is 3.39. The third-order valence-corrected chi connectivity index (χ3v) is 4.95. The highest BCUT2D eigenvalue weighted by molar-refractivity contribution is 5.77. The van der Waals surface area contributed by atoms with Crippen LogP contribution < -0.4 is 0 Å². The molecular weight excluding hydrogens is 340 g/mol. The summed E-state index contributed by atoms with van der Waals surface area (Å²) < 4.78 is 5.32. The number of hydrogen-bond donors (Lipinski definition) is 0. The van der Waals surface area contributed by atoms with Gasteiger partial charge in [-0.15, -0.1) is 0 Å². The molecule has 6 heteroatoms. The van der Waals surface area contributed by atoms with Crippen LogP contribution in [0.3, 0.4) is 0 Å². The summed E-state index contributed by atoms with van der Waals surface area (Å²) in [6.07, 6.45) is 7.44. The molecule has 27 heavy (non-hydrogen) atoms. The van der Waals surface area contributed by atoms with Gasteiger partial charge in [0.2, 0.25) is 17.6 Å². The number of aryl methyl sites for hydroxylation is 1. The third-order valence-electron chi connectivity index (χ3n) is 4.95. The van der Waals surface area contributed by atoms with Crippen molar-refractivity contribution in [3.63, 3.8) is 0 Å². The van der Waals surface area contributed by atoms with Gasteiger partial charge in [-0.25, -0.2) is 0 Å². The quantitative estimate of drug-likeness (QED) is 0.666. The van der Waals surface area contributed by atoms with Gasteiger partial charge in [-0.3, -0.25) is 9.78 Å². The summed E-state index contributed by atoms with van der Waals surface area (Å²) in [5.74, 6) is 1.36. The predicted molar refractivity (Wildman–Crippen MR) is 101 cm³/mol. The number of likely N-dealkylation sites (tertiary alicyclic amines) is 1. The van der Waals surface area contributed by atoms with Crippen LogP contribution >= 0.6 is 0 Å². The number of pyridine rings is 1. The van der Waals surface area contributed by atoms with Gasteiger partial charge in [0.1, 0.15) is 0 Å². The molecule has 1 saturated heterocycles. The Balaban J connectivity index is 1.31. The van der Waals surface area contributed by atoms with Gasteiger partial charge in [0.05, 0.1) is 6.04 Å². The van der Waals surface area contributed by atoms with Crippen molar-refractivity contribution in [3.8, 4) is 11.4 Å². The number of hydrogen-bond acceptors (Lipinski definition) is 5. The molecule has 6 nitrogen and oxygen atoms in total. The van der Waals surface area contributed by atoms with Crippen molar-refractivity contribution in [2.24, 2.45) is 0 Å². The van der Waals surface area contributed by atoms with Crippen LogP contribution in [-0.4, -0.2) is 32.5 Å². The SMILES string of the molecule is O=C(CCCc1nc(-c2ccccc2)no1)N1CCCC1c1ccncc1. The van der Waals surface area contributed by atoms with Crippen LogP contribution in [0.4, 0.5) is 0 Å². The smallest absolute Gasteiger partial charge is 0.226 e. The minimum atomic E-state index is 0.175. The number of carbonyl (C=O) groups is 1. The van der Waals surface area contributed by atoms with Gasteiger partial charge >= 0.3 is 0 Å². The van der Waals surface area contributed by atoms with Crippen LogP contribution in [0.15, 0.2) is 59.4 Å². The molecule has 0 spiro atoms. The molecule has 4 rings (SSSR count). The first-order valence-electron chi connectivity index (χ1n) is 9.38. The van der Waals surface area contributed by atoms with Crippen LogP contribution in [0.1, 0.15) is 43.2 Å². The van der Waals surface area contributed by atoms with E-state index >= 15 is 0 Å². The van der Waals surface area contributed by atoms with Gasteiger partial charge in [0.25, 0.3) is 0 Å². The van der Waals surface area contributed by atoms with Crippen molar-refractivity contribution in [2.75, 3.05) is 6.54 Å². The van der Waals surface area contributed by atoms with E-state index in [1.807, 2.05) is 47.4 Å². The van der Waals surface area contributed by atoms with E-state index < -0.39 is 0 Å². The summed E-state index contributed by atoms with van der Waals surface area (Å²) in [6, 6.07) is 13.9. The molecule has 1 atom stereocenters. The first-order valence-corrected chi connectivity index (χ1v) is 9.38. The summed E-state index contributed by atoms with van der Waals surface area (Å²) in [6.45, 7) is 0.824. The Morgan fingerprint density at radius 2 is 1.96 bits per heavy atom. The largest absolute Gasteiger partial charge is 0.339 e. The third kappa shape index (κ3) is 4.05. The Kier molecular flexibility index (Phi) is 5.23. The molecular formula is C21H22N4O2. The summed E-state index contributed by atoms with van der Waals surface area (Å²) in [5, 5.41) is 4.03. The lowest BCUT2D eigenvalue weighted by Gasteiger charge is -2.25. The van der Waals surface area contributed by atoms with E-state index in [1.165, 1.54) is 5.56 Å².